The van der Waals surface area contributed by atoms with Crippen molar-refractivity contribution < 1.29 is 5.11 Å². The smallest absolute Gasteiger partial charge is 0.0558 e. The van der Waals surface area contributed by atoms with Crippen molar-refractivity contribution in [3.05, 3.63) is 0 Å². The highest BCUT2D eigenvalue weighted by Crippen LogP contribution is 1.88. The van der Waals surface area contributed by atoms with Gasteiger partial charge in [0, 0.05) is 58.9 Å². The van der Waals surface area contributed by atoms with Crippen molar-refractivity contribution in [1.29, 1.82) is 0 Å². The highest BCUT2D eigenvalue weighted by atomic mass is 35.5. The monoisotopic (exact) mass is 252 g/mol. The van der Waals surface area contributed by atoms with Crippen molar-refractivity contribution in [2.24, 2.45) is 0 Å². The Bertz CT molecular complexity index is 127. The molecule has 98 valence electrons. The van der Waals surface area contributed by atoms with E-state index >= 15 is 0 Å². The topological polar surface area (TPSA) is 59.6 Å². The SMILES string of the molecule is C1CNCCN1.Cl.OCCN1CCNCC1. The molecular weight excluding hydrogens is 228 g/mol. The summed E-state index contributed by atoms with van der Waals surface area (Å²) in [4.78, 5) is 2.26. The van der Waals surface area contributed by atoms with Crippen LogP contribution in [0.15, 0.2) is 0 Å². The lowest BCUT2D eigenvalue weighted by molar-refractivity contribution is 0.180. The maximum atomic E-state index is 8.56. The van der Waals surface area contributed by atoms with E-state index in [0.29, 0.717) is 6.61 Å². The first-order valence-corrected chi connectivity index (χ1v) is 5.89. The van der Waals surface area contributed by atoms with E-state index in [2.05, 4.69) is 20.9 Å². The van der Waals surface area contributed by atoms with Crippen LogP contribution >= 0.6 is 12.4 Å². The summed E-state index contributed by atoms with van der Waals surface area (Å²) in [6.07, 6.45) is 0. The summed E-state index contributed by atoms with van der Waals surface area (Å²) in [7, 11) is 0. The fourth-order valence-electron chi connectivity index (χ4n) is 1.68. The van der Waals surface area contributed by atoms with Crippen molar-refractivity contribution in [2.75, 3.05) is 65.5 Å². The summed E-state index contributed by atoms with van der Waals surface area (Å²) in [6.45, 7) is 9.99. The first-order chi connectivity index (χ1) is 7.43. The summed E-state index contributed by atoms with van der Waals surface area (Å²) in [5.74, 6) is 0. The number of halogens is 1. The molecule has 0 aliphatic carbocycles. The molecule has 0 spiro atoms. The first-order valence-electron chi connectivity index (χ1n) is 5.89. The van der Waals surface area contributed by atoms with E-state index in [1.165, 1.54) is 0 Å². The van der Waals surface area contributed by atoms with E-state index in [-0.39, 0.29) is 12.4 Å². The molecule has 2 aliphatic heterocycles. The largest absolute Gasteiger partial charge is 0.395 e. The van der Waals surface area contributed by atoms with Gasteiger partial charge in [-0.3, -0.25) is 4.90 Å². The van der Waals surface area contributed by atoms with Gasteiger partial charge in [0.2, 0.25) is 0 Å². The van der Waals surface area contributed by atoms with Crippen LogP contribution in [0.4, 0.5) is 0 Å². The second-order valence-corrected chi connectivity index (χ2v) is 3.82. The van der Waals surface area contributed by atoms with Gasteiger partial charge in [-0.25, -0.2) is 0 Å². The third-order valence-corrected chi connectivity index (χ3v) is 2.58. The molecule has 0 aromatic heterocycles. The van der Waals surface area contributed by atoms with E-state index in [4.69, 9.17) is 5.11 Å². The number of nitrogens with one attached hydrogen (secondary N) is 3. The number of piperazine rings is 2. The van der Waals surface area contributed by atoms with Crippen LogP contribution in [0.2, 0.25) is 0 Å². The summed E-state index contributed by atoms with van der Waals surface area (Å²) in [5.41, 5.74) is 0. The summed E-state index contributed by atoms with van der Waals surface area (Å²) in [6, 6.07) is 0. The van der Waals surface area contributed by atoms with Crippen LogP contribution in [0.3, 0.4) is 0 Å². The highest BCUT2D eigenvalue weighted by Gasteiger charge is 2.06. The average molecular weight is 253 g/mol. The zero-order valence-corrected chi connectivity index (χ0v) is 10.7. The summed E-state index contributed by atoms with van der Waals surface area (Å²) < 4.78 is 0. The molecule has 0 bridgehead atoms. The zero-order valence-electron chi connectivity index (χ0n) is 9.87. The lowest BCUT2D eigenvalue weighted by atomic mass is 10.4. The molecule has 0 radical (unpaired) electrons. The molecule has 5 nitrogen and oxygen atoms in total. The van der Waals surface area contributed by atoms with E-state index in [9.17, 15) is 0 Å². The molecule has 0 amide bonds. The lowest BCUT2D eigenvalue weighted by Crippen LogP contribution is -2.44. The molecule has 0 saturated carbocycles. The third-order valence-electron chi connectivity index (χ3n) is 2.58. The van der Waals surface area contributed by atoms with Crippen LogP contribution in [0.5, 0.6) is 0 Å². The highest BCUT2D eigenvalue weighted by molar-refractivity contribution is 5.85. The minimum absolute atomic E-state index is 0. The molecule has 2 rings (SSSR count). The number of nitrogens with zero attached hydrogens (tertiary/aromatic N) is 1. The molecule has 6 heteroatoms. The normalized spacial score (nSPS) is 21.6. The average Bonchev–Trinajstić information content (AvgIpc) is 2.34. The Morgan fingerprint density at radius 2 is 1.25 bits per heavy atom. The van der Waals surface area contributed by atoms with Crippen LogP contribution < -0.4 is 16.0 Å². The van der Waals surface area contributed by atoms with E-state index < -0.39 is 0 Å². The van der Waals surface area contributed by atoms with Crippen molar-refractivity contribution in [2.45, 2.75) is 0 Å². The number of aliphatic hydroxyl groups is 1. The fraction of sp³-hybridized carbons (Fsp3) is 1.00. The molecule has 0 atom stereocenters. The minimum Gasteiger partial charge on any atom is -0.395 e. The van der Waals surface area contributed by atoms with E-state index in [0.717, 1.165) is 58.9 Å². The van der Waals surface area contributed by atoms with Gasteiger partial charge in [0.1, 0.15) is 0 Å². The van der Waals surface area contributed by atoms with Gasteiger partial charge in [0.15, 0.2) is 0 Å². The molecule has 2 saturated heterocycles. The predicted molar refractivity (Wildman–Crippen MR) is 69.4 cm³/mol. The zero-order chi connectivity index (χ0) is 10.8. The van der Waals surface area contributed by atoms with Gasteiger partial charge in [0.25, 0.3) is 0 Å². The van der Waals surface area contributed by atoms with Gasteiger partial charge in [-0.05, 0) is 0 Å². The Balaban J connectivity index is 0.000000283. The molecule has 2 aliphatic rings. The number of hydrogen-bond donors (Lipinski definition) is 4. The number of hydrogen-bond acceptors (Lipinski definition) is 5. The van der Waals surface area contributed by atoms with Crippen LogP contribution in [0, 0.1) is 0 Å². The van der Waals surface area contributed by atoms with Gasteiger partial charge in [-0.15, -0.1) is 12.4 Å². The molecule has 0 unspecified atom stereocenters. The Hall–Kier alpha value is 0.0900. The maximum Gasteiger partial charge on any atom is 0.0558 e. The quantitative estimate of drug-likeness (QED) is 0.481. The molecule has 16 heavy (non-hydrogen) atoms. The first kappa shape index (κ1) is 16.1. The second-order valence-electron chi connectivity index (χ2n) is 3.82. The van der Waals surface area contributed by atoms with E-state index in [1.54, 1.807) is 0 Å². The van der Waals surface area contributed by atoms with Crippen LogP contribution in [0.25, 0.3) is 0 Å². The number of rotatable bonds is 2. The maximum absolute atomic E-state index is 8.56. The molecule has 0 aromatic carbocycles. The van der Waals surface area contributed by atoms with Crippen molar-refractivity contribution >= 4 is 12.4 Å². The van der Waals surface area contributed by atoms with Crippen LogP contribution in [-0.2, 0) is 0 Å². The number of β-amino-alcohol motifs (C(OH)–C–C–N with tert-alkyl or cyclic N) is 1. The van der Waals surface area contributed by atoms with Crippen molar-refractivity contribution in [1.82, 2.24) is 20.9 Å². The van der Waals surface area contributed by atoms with Crippen LogP contribution in [-0.4, -0.2) is 75.5 Å². The second kappa shape index (κ2) is 11.6. The van der Waals surface area contributed by atoms with Gasteiger partial charge in [0.05, 0.1) is 6.61 Å². The Labute approximate surface area is 104 Å². The molecular formula is C10H25ClN4O. The lowest BCUT2D eigenvalue weighted by Gasteiger charge is -2.25. The predicted octanol–water partition coefficient (Wildman–Crippen LogP) is -1.52. The summed E-state index contributed by atoms with van der Waals surface area (Å²) >= 11 is 0. The number of aliphatic hydroxyl groups excluding tert-OH is 1. The van der Waals surface area contributed by atoms with Crippen LogP contribution in [0.1, 0.15) is 0 Å². The molecule has 2 heterocycles. The van der Waals surface area contributed by atoms with Gasteiger partial charge < -0.3 is 21.1 Å². The molecule has 0 aromatic rings. The van der Waals surface area contributed by atoms with Gasteiger partial charge >= 0.3 is 0 Å². The Morgan fingerprint density at radius 1 is 0.812 bits per heavy atom. The van der Waals surface area contributed by atoms with Crippen molar-refractivity contribution in [3.8, 4) is 0 Å². The molecule has 2 fully saturated rings. The third kappa shape index (κ3) is 8.27. The van der Waals surface area contributed by atoms with E-state index in [1.807, 2.05) is 0 Å². The Morgan fingerprint density at radius 3 is 1.62 bits per heavy atom. The van der Waals surface area contributed by atoms with Gasteiger partial charge in [-0.2, -0.15) is 0 Å². The van der Waals surface area contributed by atoms with Crippen molar-refractivity contribution in [3.63, 3.8) is 0 Å². The Kier molecular flexibility index (Phi) is 11.6. The fourth-order valence-corrected chi connectivity index (χ4v) is 1.68. The van der Waals surface area contributed by atoms with Gasteiger partial charge in [-0.1, -0.05) is 0 Å². The molecule has 4 N–H and O–H groups in total. The summed E-state index contributed by atoms with van der Waals surface area (Å²) in [5, 5.41) is 18.3. The standard InChI is InChI=1S/C6H14N2O.C4H10N2.ClH/c9-6-5-8-3-1-7-2-4-8;1-2-6-4-3-5-1;/h7,9H,1-6H2;5-6H,1-4H2;1H. The minimum atomic E-state index is 0.